The Morgan fingerprint density at radius 3 is 2.34 bits per heavy atom. The molecule has 0 aliphatic carbocycles. The Labute approximate surface area is 175 Å². The van der Waals surface area contributed by atoms with Crippen LogP contribution >= 0.6 is 11.3 Å². The number of aryl methyl sites for hydroxylation is 1. The number of sulfone groups is 1. The Hall–Kier alpha value is -2.64. The van der Waals surface area contributed by atoms with Crippen molar-refractivity contribution >= 4 is 27.1 Å². The van der Waals surface area contributed by atoms with Gasteiger partial charge < -0.3 is 10.1 Å². The third kappa shape index (κ3) is 5.25. The van der Waals surface area contributed by atoms with E-state index in [1.807, 2.05) is 30.5 Å². The van der Waals surface area contributed by atoms with Gasteiger partial charge >= 0.3 is 0 Å². The number of hydrogen-bond acceptors (Lipinski definition) is 5. The minimum atomic E-state index is -3.64. The van der Waals surface area contributed by atoms with Crippen LogP contribution < -0.4 is 10.1 Å². The molecule has 0 fully saturated rings. The number of carbonyl (C=O) groups excluding carboxylic acids is 1. The van der Waals surface area contributed by atoms with E-state index in [-0.39, 0.29) is 23.8 Å². The van der Waals surface area contributed by atoms with Crippen LogP contribution in [0.15, 0.2) is 70.9 Å². The summed E-state index contributed by atoms with van der Waals surface area (Å²) in [5.74, 6) is 0.493. The molecule has 0 radical (unpaired) electrons. The SMILES string of the molecule is COc1ccc(CC(=O)NCC(c2cccs2)S(=O)(=O)c2ccc(C)cc2)cc1. The van der Waals surface area contributed by atoms with Gasteiger partial charge in [0, 0.05) is 11.4 Å². The van der Waals surface area contributed by atoms with Crippen LogP contribution in [0, 0.1) is 6.92 Å². The molecule has 5 nitrogen and oxygen atoms in total. The van der Waals surface area contributed by atoms with Gasteiger partial charge in [-0.2, -0.15) is 0 Å². The molecule has 0 saturated carbocycles. The Kier molecular flexibility index (Phi) is 6.71. The fraction of sp³-hybridized carbons (Fsp3) is 0.227. The summed E-state index contributed by atoms with van der Waals surface area (Å²) in [7, 11) is -2.05. The summed E-state index contributed by atoms with van der Waals surface area (Å²) in [6, 6.07) is 17.6. The lowest BCUT2D eigenvalue weighted by atomic mass is 10.1. The van der Waals surface area contributed by atoms with Gasteiger partial charge in [-0.25, -0.2) is 8.42 Å². The zero-order valence-electron chi connectivity index (χ0n) is 16.3. The number of carbonyl (C=O) groups is 1. The number of nitrogens with one attached hydrogen (secondary N) is 1. The fourth-order valence-corrected chi connectivity index (χ4v) is 5.71. The Morgan fingerprint density at radius 1 is 1.07 bits per heavy atom. The maximum absolute atomic E-state index is 13.2. The van der Waals surface area contributed by atoms with Crippen molar-refractivity contribution in [3.63, 3.8) is 0 Å². The predicted molar refractivity (Wildman–Crippen MR) is 115 cm³/mol. The lowest BCUT2D eigenvalue weighted by Crippen LogP contribution is -2.32. The van der Waals surface area contributed by atoms with Gasteiger partial charge in [-0.1, -0.05) is 35.9 Å². The van der Waals surface area contributed by atoms with Crippen LogP contribution in [0.2, 0.25) is 0 Å². The van der Waals surface area contributed by atoms with Gasteiger partial charge in [-0.15, -0.1) is 11.3 Å². The second-order valence-electron chi connectivity index (χ2n) is 6.69. The Morgan fingerprint density at radius 2 is 1.76 bits per heavy atom. The Bertz CT molecular complexity index is 1040. The van der Waals surface area contributed by atoms with Crippen LogP contribution in [0.3, 0.4) is 0 Å². The van der Waals surface area contributed by atoms with Crippen LogP contribution in [0.5, 0.6) is 5.75 Å². The number of thiophene rings is 1. The van der Waals surface area contributed by atoms with Crippen LogP contribution in [0.25, 0.3) is 0 Å². The van der Waals surface area contributed by atoms with Crippen LogP contribution in [-0.2, 0) is 21.1 Å². The minimum absolute atomic E-state index is 0.0196. The minimum Gasteiger partial charge on any atom is -0.497 e. The topological polar surface area (TPSA) is 72.5 Å². The van der Waals surface area contributed by atoms with Crippen molar-refractivity contribution in [2.24, 2.45) is 0 Å². The molecular formula is C22H23NO4S2. The van der Waals surface area contributed by atoms with Gasteiger partial charge in [0.15, 0.2) is 9.84 Å². The lowest BCUT2D eigenvalue weighted by Gasteiger charge is -2.18. The van der Waals surface area contributed by atoms with Crippen molar-refractivity contribution in [3.8, 4) is 5.75 Å². The van der Waals surface area contributed by atoms with Crippen molar-refractivity contribution in [2.75, 3.05) is 13.7 Å². The zero-order chi connectivity index (χ0) is 20.9. The molecule has 152 valence electrons. The first-order valence-electron chi connectivity index (χ1n) is 9.14. The molecule has 29 heavy (non-hydrogen) atoms. The van der Waals surface area contributed by atoms with Crippen LogP contribution in [-0.4, -0.2) is 28.0 Å². The molecule has 1 aromatic heterocycles. The summed E-state index contributed by atoms with van der Waals surface area (Å²) >= 11 is 1.37. The highest BCUT2D eigenvalue weighted by Crippen LogP contribution is 2.31. The lowest BCUT2D eigenvalue weighted by molar-refractivity contribution is -0.120. The third-order valence-corrected chi connectivity index (χ3v) is 7.83. The van der Waals surface area contributed by atoms with E-state index >= 15 is 0 Å². The molecule has 1 unspecified atom stereocenters. The molecule has 1 N–H and O–H groups in total. The quantitative estimate of drug-likeness (QED) is 0.589. The fourth-order valence-electron chi connectivity index (χ4n) is 2.93. The van der Waals surface area contributed by atoms with Gasteiger partial charge in [-0.3, -0.25) is 4.79 Å². The molecule has 3 rings (SSSR count). The summed E-state index contributed by atoms with van der Waals surface area (Å²) < 4.78 is 31.6. The highest BCUT2D eigenvalue weighted by molar-refractivity contribution is 7.91. The molecule has 0 spiro atoms. The number of amides is 1. The molecular weight excluding hydrogens is 406 g/mol. The molecule has 3 aromatic rings. The summed E-state index contributed by atoms with van der Waals surface area (Å²) in [5, 5.41) is 3.80. The average molecular weight is 430 g/mol. The van der Waals surface area contributed by atoms with E-state index in [9.17, 15) is 13.2 Å². The van der Waals surface area contributed by atoms with E-state index < -0.39 is 15.1 Å². The maximum atomic E-state index is 13.2. The van der Waals surface area contributed by atoms with Crippen molar-refractivity contribution in [2.45, 2.75) is 23.5 Å². The second kappa shape index (κ2) is 9.24. The summed E-state index contributed by atoms with van der Waals surface area (Å²) in [6.07, 6.45) is 0.172. The van der Waals surface area contributed by atoms with E-state index in [0.29, 0.717) is 4.88 Å². The van der Waals surface area contributed by atoms with Crippen LogP contribution in [0.4, 0.5) is 0 Å². The summed E-state index contributed by atoms with van der Waals surface area (Å²) in [6.45, 7) is 1.93. The molecule has 1 atom stereocenters. The summed E-state index contributed by atoms with van der Waals surface area (Å²) in [4.78, 5) is 13.4. The molecule has 1 amide bonds. The van der Waals surface area contributed by atoms with Gasteiger partial charge in [-0.05, 0) is 48.2 Å². The average Bonchev–Trinajstić information content (AvgIpc) is 3.23. The standard InChI is InChI=1S/C22H23NO4S2/c1-16-5-11-19(12-6-16)29(25,26)21(20-4-3-13-28-20)15-23-22(24)14-17-7-9-18(27-2)10-8-17/h3-13,21H,14-15H2,1-2H3,(H,23,24). The highest BCUT2D eigenvalue weighted by Gasteiger charge is 2.30. The van der Waals surface area contributed by atoms with Gasteiger partial charge in [0.05, 0.1) is 18.4 Å². The van der Waals surface area contributed by atoms with Crippen molar-refractivity contribution < 1.29 is 17.9 Å². The predicted octanol–water partition coefficient (Wildman–Crippen LogP) is 3.94. The van der Waals surface area contributed by atoms with E-state index in [1.54, 1.807) is 49.6 Å². The summed E-state index contributed by atoms with van der Waals surface area (Å²) in [5.41, 5.74) is 1.82. The van der Waals surface area contributed by atoms with Crippen LogP contribution in [0.1, 0.15) is 21.3 Å². The molecule has 1 heterocycles. The molecule has 7 heteroatoms. The van der Waals surface area contributed by atoms with E-state index in [2.05, 4.69) is 5.32 Å². The number of hydrogen-bond donors (Lipinski definition) is 1. The smallest absolute Gasteiger partial charge is 0.224 e. The molecule has 0 bridgehead atoms. The van der Waals surface area contributed by atoms with Crippen molar-refractivity contribution in [3.05, 3.63) is 82.0 Å². The molecule has 2 aromatic carbocycles. The van der Waals surface area contributed by atoms with Gasteiger partial charge in [0.2, 0.25) is 5.91 Å². The maximum Gasteiger partial charge on any atom is 0.224 e. The Balaban J connectivity index is 1.74. The van der Waals surface area contributed by atoms with Crippen molar-refractivity contribution in [1.29, 1.82) is 0 Å². The molecule has 0 aliphatic heterocycles. The third-order valence-electron chi connectivity index (χ3n) is 4.59. The number of methoxy groups -OCH3 is 1. The van der Waals surface area contributed by atoms with E-state index in [4.69, 9.17) is 4.74 Å². The first kappa shape index (κ1) is 21.1. The normalized spacial score (nSPS) is 12.3. The first-order chi connectivity index (χ1) is 13.9. The number of ether oxygens (including phenoxy) is 1. The largest absolute Gasteiger partial charge is 0.497 e. The van der Waals surface area contributed by atoms with E-state index in [0.717, 1.165) is 16.9 Å². The second-order valence-corrected chi connectivity index (χ2v) is 9.80. The monoisotopic (exact) mass is 429 g/mol. The number of rotatable bonds is 8. The molecule has 0 aliphatic rings. The van der Waals surface area contributed by atoms with Gasteiger partial charge in [0.25, 0.3) is 0 Å². The molecule has 0 saturated heterocycles. The van der Waals surface area contributed by atoms with Gasteiger partial charge in [0.1, 0.15) is 11.0 Å². The first-order valence-corrected chi connectivity index (χ1v) is 11.6. The van der Waals surface area contributed by atoms with Crippen molar-refractivity contribution in [1.82, 2.24) is 5.32 Å². The number of benzene rings is 2. The highest BCUT2D eigenvalue weighted by atomic mass is 32.2. The zero-order valence-corrected chi connectivity index (χ0v) is 17.9. The van der Waals surface area contributed by atoms with E-state index in [1.165, 1.54) is 11.3 Å².